The minimum absolute atomic E-state index is 0.696. The predicted octanol–water partition coefficient (Wildman–Crippen LogP) is 2.41. The van der Waals surface area contributed by atoms with Crippen LogP contribution in [0.25, 0.3) is 0 Å². The molecule has 1 saturated heterocycles. The third-order valence-electron chi connectivity index (χ3n) is 4.57. The Labute approximate surface area is 112 Å². The Morgan fingerprint density at radius 1 is 1.00 bits per heavy atom. The first-order valence-corrected chi connectivity index (χ1v) is 7.87. The Balaban J connectivity index is 1.59. The normalized spacial score (nSPS) is 24.3. The van der Waals surface area contributed by atoms with Crippen molar-refractivity contribution < 1.29 is 4.74 Å². The van der Waals surface area contributed by atoms with Crippen molar-refractivity contribution in [1.29, 1.82) is 0 Å². The summed E-state index contributed by atoms with van der Waals surface area (Å²) in [6.07, 6.45) is 11.0. The highest BCUT2D eigenvalue weighted by Gasteiger charge is 2.17. The maximum absolute atomic E-state index is 5.39. The zero-order valence-electron chi connectivity index (χ0n) is 12.0. The molecule has 2 rings (SSSR count). The minimum Gasteiger partial charge on any atom is -0.381 e. The van der Waals surface area contributed by atoms with E-state index in [4.69, 9.17) is 4.74 Å². The zero-order chi connectivity index (χ0) is 12.6. The van der Waals surface area contributed by atoms with Crippen molar-refractivity contribution in [3.63, 3.8) is 0 Å². The fourth-order valence-electron chi connectivity index (χ4n) is 3.23. The van der Waals surface area contributed by atoms with Crippen LogP contribution < -0.4 is 5.32 Å². The molecule has 0 spiro atoms. The van der Waals surface area contributed by atoms with Crippen molar-refractivity contribution in [1.82, 2.24) is 10.2 Å². The Morgan fingerprint density at radius 2 is 1.67 bits per heavy atom. The fraction of sp³-hybridized carbons (Fsp3) is 1.00. The molecule has 2 fully saturated rings. The highest BCUT2D eigenvalue weighted by molar-refractivity contribution is 4.75. The SMILES string of the molecule is CN(CCNC1CCOCC1)C1CCCCCC1. The van der Waals surface area contributed by atoms with Gasteiger partial charge in [-0.2, -0.15) is 0 Å². The van der Waals surface area contributed by atoms with Crippen LogP contribution in [0.15, 0.2) is 0 Å². The average Bonchev–Trinajstić information content (AvgIpc) is 2.69. The number of rotatable bonds is 5. The van der Waals surface area contributed by atoms with Gasteiger partial charge in [0.25, 0.3) is 0 Å². The van der Waals surface area contributed by atoms with E-state index in [2.05, 4.69) is 17.3 Å². The molecule has 2 aliphatic rings. The third-order valence-corrected chi connectivity index (χ3v) is 4.57. The molecule has 0 amide bonds. The summed E-state index contributed by atoms with van der Waals surface area (Å²) in [4.78, 5) is 2.58. The van der Waals surface area contributed by atoms with Gasteiger partial charge in [-0.25, -0.2) is 0 Å². The number of nitrogens with zero attached hydrogens (tertiary/aromatic N) is 1. The molecule has 106 valence electrons. The molecule has 1 aliphatic heterocycles. The lowest BCUT2D eigenvalue weighted by molar-refractivity contribution is 0.0769. The highest BCUT2D eigenvalue weighted by Crippen LogP contribution is 2.20. The van der Waals surface area contributed by atoms with Gasteiger partial charge in [0, 0.05) is 38.4 Å². The van der Waals surface area contributed by atoms with Crippen molar-refractivity contribution in [2.45, 2.75) is 63.5 Å². The predicted molar refractivity (Wildman–Crippen MR) is 76.0 cm³/mol. The van der Waals surface area contributed by atoms with E-state index in [1.807, 2.05) is 0 Å². The van der Waals surface area contributed by atoms with E-state index in [0.29, 0.717) is 6.04 Å². The van der Waals surface area contributed by atoms with Crippen molar-refractivity contribution in [2.75, 3.05) is 33.4 Å². The molecule has 0 aromatic heterocycles. The molecule has 1 saturated carbocycles. The Bertz CT molecular complexity index is 209. The zero-order valence-corrected chi connectivity index (χ0v) is 12.0. The number of ether oxygens (including phenoxy) is 1. The summed E-state index contributed by atoms with van der Waals surface area (Å²) in [5, 5.41) is 3.69. The van der Waals surface area contributed by atoms with Crippen molar-refractivity contribution in [2.24, 2.45) is 0 Å². The topological polar surface area (TPSA) is 24.5 Å². The largest absolute Gasteiger partial charge is 0.381 e. The molecular weight excluding hydrogens is 224 g/mol. The lowest BCUT2D eigenvalue weighted by atomic mass is 10.1. The molecule has 0 aromatic rings. The lowest BCUT2D eigenvalue weighted by Crippen LogP contribution is -2.41. The molecule has 18 heavy (non-hydrogen) atoms. The van der Waals surface area contributed by atoms with Gasteiger partial charge in [-0.1, -0.05) is 25.7 Å². The second-order valence-electron chi connectivity index (χ2n) is 5.97. The van der Waals surface area contributed by atoms with Gasteiger partial charge in [0.05, 0.1) is 0 Å². The van der Waals surface area contributed by atoms with Gasteiger partial charge < -0.3 is 15.0 Å². The molecule has 0 aromatic carbocycles. The van der Waals surface area contributed by atoms with Gasteiger partial charge in [-0.3, -0.25) is 0 Å². The van der Waals surface area contributed by atoms with Crippen LogP contribution in [-0.2, 0) is 4.74 Å². The smallest absolute Gasteiger partial charge is 0.0480 e. The number of likely N-dealkylation sites (N-methyl/N-ethyl adjacent to an activating group) is 1. The summed E-state index contributed by atoms with van der Waals surface area (Å²) in [6.45, 7) is 4.21. The highest BCUT2D eigenvalue weighted by atomic mass is 16.5. The van der Waals surface area contributed by atoms with Crippen molar-refractivity contribution >= 4 is 0 Å². The van der Waals surface area contributed by atoms with E-state index in [-0.39, 0.29) is 0 Å². The van der Waals surface area contributed by atoms with Gasteiger partial charge in [-0.15, -0.1) is 0 Å². The van der Waals surface area contributed by atoms with Crippen LogP contribution in [0.5, 0.6) is 0 Å². The van der Waals surface area contributed by atoms with E-state index in [9.17, 15) is 0 Å². The van der Waals surface area contributed by atoms with Gasteiger partial charge in [0.1, 0.15) is 0 Å². The number of hydrogen-bond donors (Lipinski definition) is 1. The van der Waals surface area contributed by atoms with E-state index in [1.165, 1.54) is 57.9 Å². The average molecular weight is 254 g/mol. The second kappa shape index (κ2) is 8.13. The maximum Gasteiger partial charge on any atom is 0.0480 e. The van der Waals surface area contributed by atoms with Gasteiger partial charge >= 0.3 is 0 Å². The quantitative estimate of drug-likeness (QED) is 0.763. The first kappa shape index (κ1) is 14.3. The monoisotopic (exact) mass is 254 g/mol. The molecule has 0 atom stereocenters. The molecule has 0 radical (unpaired) electrons. The molecule has 0 bridgehead atoms. The number of hydrogen-bond acceptors (Lipinski definition) is 3. The minimum atomic E-state index is 0.696. The van der Waals surface area contributed by atoms with Crippen LogP contribution in [0.1, 0.15) is 51.4 Å². The summed E-state index contributed by atoms with van der Waals surface area (Å²) in [7, 11) is 2.31. The summed E-state index contributed by atoms with van der Waals surface area (Å²) in [5.41, 5.74) is 0. The maximum atomic E-state index is 5.39. The van der Waals surface area contributed by atoms with Crippen molar-refractivity contribution in [3.8, 4) is 0 Å². The standard InChI is InChI=1S/C15H30N2O/c1-17(15-6-4-2-3-5-7-15)11-10-16-14-8-12-18-13-9-14/h14-16H,2-13H2,1H3. The van der Waals surface area contributed by atoms with Gasteiger partial charge in [0.15, 0.2) is 0 Å². The van der Waals surface area contributed by atoms with Gasteiger partial charge in [-0.05, 0) is 32.7 Å². The van der Waals surface area contributed by atoms with E-state index < -0.39 is 0 Å². The van der Waals surface area contributed by atoms with Crippen LogP contribution in [0.3, 0.4) is 0 Å². The van der Waals surface area contributed by atoms with Crippen LogP contribution in [0.4, 0.5) is 0 Å². The lowest BCUT2D eigenvalue weighted by Gasteiger charge is -2.29. The number of nitrogens with one attached hydrogen (secondary N) is 1. The first-order chi connectivity index (χ1) is 8.86. The molecule has 3 nitrogen and oxygen atoms in total. The fourth-order valence-corrected chi connectivity index (χ4v) is 3.23. The van der Waals surface area contributed by atoms with Crippen LogP contribution in [0, 0.1) is 0 Å². The van der Waals surface area contributed by atoms with Crippen molar-refractivity contribution in [3.05, 3.63) is 0 Å². The molecule has 1 N–H and O–H groups in total. The summed E-state index contributed by atoms with van der Waals surface area (Å²) < 4.78 is 5.39. The molecule has 1 aliphatic carbocycles. The van der Waals surface area contributed by atoms with E-state index >= 15 is 0 Å². The summed E-state index contributed by atoms with van der Waals surface area (Å²) in [6, 6.07) is 1.53. The third kappa shape index (κ3) is 4.87. The van der Waals surface area contributed by atoms with Crippen LogP contribution in [-0.4, -0.2) is 50.3 Å². The first-order valence-electron chi connectivity index (χ1n) is 7.87. The molecule has 3 heteroatoms. The molecule has 0 unspecified atom stereocenters. The van der Waals surface area contributed by atoms with Crippen LogP contribution in [0.2, 0.25) is 0 Å². The second-order valence-corrected chi connectivity index (χ2v) is 5.97. The summed E-state index contributed by atoms with van der Waals surface area (Å²) >= 11 is 0. The summed E-state index contributed by atoms with van der Waals surface area (Å²) in [5.74, 6) is 0. The van der Waals surface area contributed by atoms with E-state index in [1.54, 1.807) is 0 Å². The molecule has 1 heterocycles. The molecular formula is C15H30N2O. The van der Waals surface area contributed by atoms with E-state index in [0.717, 1.165) is 25.8 Å². The van der Waals surface area contributed by atoms with Gasteiger partial charge in [0.2, 0.25) is 0 Å². The van der Waals surface area contributed by atoms with Crippen LogP contribution >= 0.6 is 0 Å². The Kier molecular flexibility index (Phi) is 6.46. The Hall–Kier alpha value is -0.120. The Morgan fingerprint density at radius 3 is 2.33 bits per heavy atom.